The molecular weight excluding hydrogens is 324 g/mol. The number of thioether (sulfide) groups is 1. The molecule has 0 aliphatic heterocycles. The highest BCUT2D eigenvalue weighted by atomic mass is 32.2. The highest BCUT2D eigenvalue weighted by molar-refractivity contribution is 7.98. The van der Waals surface area contributed by atoms with Crippen LogP contribution < -0.4 is 5.63 Å². The van der Waals surface area contributed by atoms with Crippen molar-refractivity contribution in [1.82, 2.24) is 0 Å². The summed E-state index contributed by atoms with van der Waals surface area (Å²) in [5, 5.41) is 0.770. The highest BCUT2D eigenvalue weighted by Gasteiger charge is 2.13. The smallest absolute Gasteiger partial charge is 0.339 e. The molecule has 5 heteroatoms. The van der Waals surface area contributed by atoms with Crippen molar-refractivity contribution in [3.63, 3.8) is 0 Å². The zero-order chi connectivity index (χ0) is 17.1. The molecule has 0 fully saturated rings. The first-order chi connectivity index (χ1) is 11.6. The molecule has 24 heavy (non-hydrogen) atoms. The van der Waals surface area contributed by atoms with Crippen LogP contribution in [0.2, 0.25) is 0 Å². The predicted octanol–water partition coefficient (Wildman–Crippen LogP) is 4.18. The molecule has 1 aromatic heterocycles. The zero-order valence-electron chi connectivity index (χ0n) is 13.4. The lowest BCUT2D eigenvalue weighted by molar-refractivity contribution is 0.0469. The van der Waals surface area contributed by atoms with Crippen molar-refractivity contribution in [1.29, 1.82) is 0 Å². The summed E-state index contributed by atoms with van der Waals surface area (Å²) < 4.78 is 10.6. The van der Waals surface area contributed by atoms with Gasteiger partial charge in [0, 0.05) is 21.9 Å². The first kappa shape index (κ1) is 16.3. The molecule has 4 nitrogen and oxygen atoms in total. The molecular formula is C19H16O4S. The summed E-state index contributed by atoms with van der Waals surface area (Å²) >= 11 is 1.49. The third-order valence-electron chi connectivity index (χ3n) is 3.67. The van der Waals surface area contributed by atoms with E-state index in [4.69, 9.17) is 9.15 Å². The Labute approximate surface area is 143 Å². The number of benzene rings is 2. The molecule has 0 atom stereocenters. The number of fused-ring (bicyclic) bond motifs is 1. The summed E-state index contributed by atoms with van der Waals surface area (Å²) in [6, 6.07) is 14.2. The molecule has 0 spiro atoms. The first-order valence-electron chi connectivity index (χ1n) is 7.42. The fraction of sp³-hybridized carbons (Fsp3) is 0.158. The van der Waals surface area contributed by atoms with E-state index in [1.807, 2.05) is 37.4 Å². The van der Waals surface area contributed by atoms with Gasteiger partial charge in [0.15, 0.2) is 0 Å². The van der Waals surface area contributed by atoms with Gasteiger partial charge in [0.05, 0.1) is 5.56 Å². The van der Waals surface area contributed by atoms with E-state index in [9.17, 15) is 9.59 Å². The molecule has 0 amide bonds. The van der Waals surface area contributed by atoms with E-state index >= 15 is 0 Å². The van der Waals surface area contributed by atoms with Crippen molar-refractivity contribution >= 4 is 28.7 Å². The Bertz CT molecular complexity index is 959. The normalized spacial score (nSPS) is 10.8. The largest absolute Gasteiger partial charge is 0.457 e. The van der Waals surface area contributed by atoms with Gasteiger partial charge in [0.25, 0.3) is 0 Å². The van der Waals surface area contributed by atoms with Crippen LogP contribution in [0, 0.1) is 6.92 Å². The van der Waals surface area contributed by atoms with Gasteiger partial charge in [0.1, 0.15) is 12.2 Å². The fourth-order valence-corrected chi connectivity index (χ4v) is 3.08. The number of rotatable bonds is 4. The molecule has 0 aliphatic rings. The SMILES string of the molecule is CSc1ccccc1C(=O)OCc1cc(=O)oc2cc(C)ccc12. The van der Waals surface area contributed by atoms with E-state index in [2.05, 4.69) is 0 Å². The maximum absolute atomic E-state index is 12.3. The third-order valence-corrected chi connectivity index (χ3v) is 4.47. The van der Waals surface area contributed by atoms with Crippen molar-refractivity contribution < 1.29 is 13.9 Å². The third kappa shape index (κ3) is 3.36. The van der Waals surface area contributed by atoms with Crippen molar-refractivity contribution in [3.8, 4) is 0 Å². The lowest BCUT2D eigenvalue weighted by Gasteiger charge is -2.09. The molecule has 1 heterocycles. The van der Waals surface area contributed by atoms with Crippen LogP contribution in [0.3, 0.4) is 0 Å². The van der Waals surface area contributed by atoms with Gasteiger partial charge in [-0.2, -0.15) is 0 Å². The predicted molar refractivity (Wildman–Crippen MR) is 94.6 cm³/mol. The lowest BCUT2D eigenvalue weighted by atomic mass is 10.1. The second-order valence-corrected chi connectivity index (χ2v) is 6.21. The van der Waals surface area contributed by atoms with E-state index in [0.717, 1.165) is 15.8 Å². The Morgan fingerprint density at radius 1 is 1.17 bits per heavy atom. The molecule has 0 aliphatic carbocycles. The summed E-state index contributed by atoms with van der Waals surface area (Å²) in [6.07, 6.45) is 1.91. The number of aryl methyl sites for hydroxylation is 1. The van der Waals surface area contributed by atoms with E-state index in [1.165, 1.54) is 17.8 Å². The van der Waals surface area contributed by atoms with Crippen molar-refractivity contribution in [2.45, 2.75) is 18.4 Å². The Morgan fingerprint density at radius 3 is 2.75 bits per heavy atom. The lowest BCUT2D eigenvalue weighted by Crippen LogP contribution is -2.09. The van der Waals surface area contributed by atoms with Crippen LogP contribution in [0.1, 0.15) is 21.5 Å². The van der Waals surface area contributed by atoms with Crippen LogP contribution in [-0.4, -0.2) is 12.2 Å². The summed E-state index contributed by atoms with van der Waals surface area (Å²) in [5.74, 6) is -0.409. The fourth-order valence-electron chi connectivity index (χ4n) is 2.49. The quantitative estimate of drug-likeness (QED) is 0.405. The number of hydrogen-bond donors (Lipinski definition) is 0. The van der Waals surface area contributed by atoms with Gasteiger partial charge in [-0.25, -0.2) is 9.59 Å². The summed E-state index contributed by atoms with van der Waals surface area (Å²) in [6.45, 7) is 1.94. The molecule has 3 aromatic rings. The number of hydrogen-bond acceptors (Lipinski definition) is 5. The Balaban J connectivity index is 1.88. The first-order valence-corrected chi connectivity index (χ1v) is 8.64. The van der Waals surface area contributed by atoms with Gasteiger partial charge < -0.3 is 9.15 Å². The van der Waals surface area contributed by atoms with E-state index in [0.29, 0.717) is 16.7 Å². The van der Waals surface area contributed by atoms with Crippen molar-refractivity contribution in [2.24, 2.45) is 0 Å². The summed E-state index contributed by atoms with van der Waals surface area (Å²) in [5.41, 5.74) is 2.19. The van der Waals surface area contributed by atoms with E-state index in [-0.39, 0.29) is 6.61 Å². The van der Waals surface area contributed by atoms with E-state index in [1.54, 1.807) is 18.2 Å². The van der Waals surface area contributed by atoms with Crippen LogP contribution >= 0.6 is 11.8 Å². The number of carbonyl (C=O) groups is 1. The minimum absolute atomic E-state index is 0.0205. The van der Waals surface area contributed by atoms with Crippen molar-refractivity contribution in [3.05, 3.63) is 75.6 Å². The molecule has 0 N–H and O–H groups in total. The molecule has 0 saturated carbocycles. The van der Waals surface area contributed by atoms with Crippen LogP contribution in [0.15, 0.2) is 62.6 Å². The van der Waals surface area contributed by atoms with Crippen LogP contribution in [0.25, 0.3) is 11.0 Å². The van der Waals surface area contributed by atoms with Crippen molar-refractivity contribution in [2.75, 3.05) is 6.26 Å². The minimum Gasteiger partial charge on any atom is -0.457 e. The van der Waals surface area contributed by atoms with Crippen LogP contribution in [0.4, 0.5) is 0 Å². The van der Waals surface area contributed by atoms with E-state index < -0.39 is 11.6 Å². The standard InChI is InChI=1S/C19H16O4S/c1-12-7-8-14-13(10-18(20)23-16(14)9-12)11-22-19(21)15-5-3-4-6-17(15)24-2/h3-10H,11H2,1-2H3. The van der Waals surface area contributed by atoms with Gasteiger partial charge in [0.2, 0.25) is 0 Å². The number of ether oxygens (including phenoxy) is 1. The van der Waals surface area contributed by atoms with Gasteiger partial charge in [-0.3, -0.25) is 0 Å². The minimum atomic E-state index is -0.455. The average molecular weight is 340 g/mol. The van der Waals surface area contributed by atoms with Gasteiger partial charge >= 0.3 is 11.6 Å². The summed E-state index contributed by atoms with van der Waals surface area (Å²) in [7, 11) is 0. The topological polar surface area (TPSA) is 56.5 Å². The zero-order valence-corrected chi connectivity index (χ0v) is 14.2. The molecule has 2 aromatic carbocycles. The highest BCUT2D eigenvalue weighted by Crippen LogP contribution is 2.22. The van der Waals surface area contributed by atoms with Gasteiger partial charge in [-0.05, 0) is 36.9 Å². The van der Waals surface area contributed by atoms with Crippen LogP contribution in [-0.2, 0) is 11.3 Å². The number of esters is 1. The molecule has 0 bridgehead atoms. The van der Waals surface area contributed by atoms with Gasteiger partial charge in [-0.15, -0.1) is 11.8 Å². The molecule has 0 saturated heterocycles. The summed E-state index contributed by atoms with van der Waals surface area (Å²) in [4.78, 5) is 24.9. The monoisotopic (exact) mass is 340 g/mol. The second-order valence-electron chi connectivity index (χ2n) is 5.37. The Kier molecular flexibility index (Phi) is 4.71. The average Bonchev–Trinajstić information content (AvgIpc) is 2.58. The molecule has 3 rings (SSSR count). The molecule has 122 valence electrons. The Hall–Kier alpha value is -2.53. The maximum atomic E-state index is 12.3. The van der Waals surface area contributed by atoms with Gasteiger partial charge in [-0.1, -0.05) is 24.3 Å². The second kappa shape index (κ2) is 6.93. The molecule has 0 unspecified atom stereocenters. The Morgan fingerprint density at radius 2 is 1.96 bits per heavy atom. The number of carbonyl (C=O) groups excluding carboxylic acids is 1. The van der Waals surface area contributed by atoms with Crippen LogP contribution in [0.5, 0.6) is 0 Å². The maximum Gasteiger partial charge on any atom is 0.339 e. The molecule has 0 radical (unpaired) electrons.